The van der Waals surface area contributed by atoms with E-state index in [0.717, 1.165) is 30.7 Å². The summed E-state index contributed by atoms with van der Waals surface area (Å²) in [6.45, 7) is 5.61. The van der Waals surface area contributed by atoms with E-state index in [2.05, 4.69) is 12.1 Å². The standard InChI is InChI=1S/C14H17NO/c1-11(2)13-8-9-15(14(13)16)10-12-6-4-3-5-7-12/h3-7H,8-10H2,1-2H3. The third-order valence-electron chi connectivity index (χ3n) is 3.00. The Labute approximate surface area is 96.6 Å². The first-order chi connectivity index (χ1) is 7.68. The zero-order valence-corrected chi connectivity index (χ0v) is 9.86. The molecule has 0 saturated carbocycles. The van der Waals surface area contributed by atoms with Crippen LogP contribution in [-0.2, 0) is 11.3 Å². The number of hydrogen-bond donors (Lipinski definition) is 0. The van der Waals surface area contributed by atoms with E-state index in [4.69, 9.17) is 0 Å². The SMILES string of the molecule is CC(C)=C1CCN(Cc2ccccc2)C1=O. The highest BCUT2D eigenvalue weighted by molar-refractivity contribution is 5.96. The van der Waals surface area contributed by atoms with Gasteiger partial charge in [-0.1, -0.05) is 35.9 Å². The van der Waals surface area contributed by atoms with Gasteiger partial charge in [0, 0.05) is 18.7 Å². The molecule has 1 amide bonds. The first-order valence-corrected chi connectivity index (χ1v) is 5.68. The van der Waals surface area contributed by atoms with Gasteiger partial charge in [0.15, 0.2) is 0 Å². The van der Waals surface area contributed by atoms with Crippen LogP contribution in [0, 0.1) is 0 Å². The van der Waals surface area contributed by atoms with Crippen molar-refractivity contribution in [3.63, 3.8) is 0 Å². The predicted octanol–water partition coefficient (Wildman–Crippen LogP) is 2.76. The Morgan fingerprint density at radius 2 is 1.94 bits per heavy atom. The quantitative estimate of drug-likeness (QED) is 0.695. The first kappa shape index (κ1) is 10.9. The summed E-state index contributed by atoms with van der Waals surface area (Å²) < 4.78 is 0. The number of hydrogen-bond acceptors (Lipinski definition) is 1. The number of carbonyl (C=O) groups excluding carboxylic acids is 1. The minimum absolute atomic E-state index is 0.212. The van der Waals surface area contributed by atoms with Crippen LogP contribution >= 0.6 is 0 Å². The number of likely N-dealkylation sites (tertiary alicyclic amines) is 1. The molecule has 2 heteroatoms. The van der Waals surface area contributed by atoms with Crippen molar-refractivity contribution in [1.29, 1.82) is 0 Å². The lowest BCUT2D eigenvalue weighted by atomic mass is 10.1. The lowest BCUT2D eigenvalue weighted by molar-refractivity contribution is -0.125. The molecule has 0 radical (unpaired) electrons. The van der Waals surface area contributed by atoms with Crippen molar-refractivity contribution in [3.8, 4) is 0 Å². The molecule has 1 aliphatic rings. The number of allylic oxidation sites excluding steroid dienone is 1. The van der Waals surface area contributed by atoms with Crippen LogP contribution in [0.25, 0.3) is 0 Å². The molecule has 16 heavy (non-hydrogen) atoms. The van der Waals surface area contributed by atoms with Crippen LogP contribution in [0.15, 0.2) is 41.5 Å². The summed E-state index contributed by atoms with van der Waals surface area (Å²) in [6.07, 6.45) is 0.897. The van der Waals surface area contributed by atoms with Gasteiger partial charge in [0.05, 0.1) is 0 Å². The molecule has 1 aromatic carbocycles. The molecular formula is C14H17NO. The predicted molar refractivity (Wildman–Crippen MR) is 64.9 cm³/mol. The Morgan fingerprint density at radius 3 is 2.50 bits per heavy atom. The van der Waals surface area contributed by atoms with Crippen molar-refractivity contribution in [1.82, 2.24) is 4.90 Å². The number of carbonyl (C=O) groups is 1. The Bertz CT molecular complexity index is 416. The van der Waals surface area contributed by atoms with Gasteiger partial charge in [-0.3, -0.25) is 4.79 Å². The van der Waals surface area contributed by atoms with Gasteiger partial charge in [0.25, 0.3) is 0 Å². The van der Waals surface area contributed by atoms with E-state index in [1.165, 1.54) is 5.56 Å². The van der Waals surface area contributed by atoms with E-state index >= 15 is 0 Å². The molecule has 0 bridgehead atoms. The molecular weight excluding hydrogens is 198 g/mol. The Morgan fingerprint density at radius 1 is 1.25 bits per heavy atom. The lowest BCUT2D eigenvalue weighted by Gasteiger charge is -2.15. The second-order valence-electron chi connectivity index (χ2n) is 4.44. The number of amides is 1. The highest BCUT2D eigenvalue weighted by Crippen LogP contribution is 2.22. The van der Waals surface area contributed by atoms with Gasteiger partial charge in [-0.15, -0.1) is 0 Å². The Balaban J connectivity index is 2.09. The second kappa shape index (κ2) is 4.52. The molecule has 1 aliphatic heterocycles. The van der Waals surface area contributed by atoms with E-state index in [1.807, 2.05) is 36.9 Å². The van der Waals surface area contributed by atoms with Crippen LogP contribution in [0.3, 0.4) is 0 Å². The summed E-state index contributed by atoms with van der Waals surface area (Å²) in [4.78, 5) is 13.9. The maximum Gasteiger partial charge on any atom is 0.250 e. The smallest absolute Gasteiger partial charge is 0.250 e. The number of benzene rings is 1. The van der Waals surface area contributed by atoms with E-state index in [9.17, 15) is 4.79 Å². The average molecular weight is 215 g/mol. The molecule has 0 spiro atoms. The molecule has 0 N–H and O–H groups in total. The topological polar surface area (TPSA) is 20.3 Å². The third-order valence-corrected chi connectivity index (χ3v) is 3.00. The monoisotopic (exact) mass is 215 g/mol. The zero-order valence-electron chi connectivity index (χ0n) is 9.86. The van der Waals surface area contributed by atoms with Gasteiger partial charge in [-0.2, -0.15) is 0 Å². The summed E-state index contributed by atoms with van der Waals surface area (Å²) in [5.74, 6) is 0.212. The summed E-state index contributed by atoms with van der Waals surface area (Å²) in [7, 11) is 0. The van der Waals surface area contributed by atoms with Crippen LogP contribution in [-0.4, -0.2) is 17.4 Å². The van der Waals surface area contributed by atoms with Crippen molar-refractivity contribution < 1.29 is 4.79 Å². The van der Waals surface area contributed by atoms with Crippen molar-refractivity contribution in [2.45, 2.75) is 26.8 Å². The summed E-state index contributed by atoms with van der Waals surface area (Å²) in [5.41, 5.74) is 3.35. The largest absolute Gasteiger partial charge is 0.334 e. The van der Waals surface area contributed by atoms with Crippen LogP contribution in [0.5, 0.6) is 0 Å². The summed E-state index contributed by atoms with van der Waals surface area (Å²) in [5, 5.41) is 0. The molecule has 2 nitrogen and oxygen atoms in total. The van der Waals surface area contributed by atoms with Crippen LogP contribution in [0.1, 0.15) is 25.8 Å². The van der Waals surface area contributed by atoms with Crippen molar-refractivity contribution in [3.05, 3.63) is 47.0 Å². The highest BCUT2D eigenvalue weighted by atomic mass is 16.2. The molecule has 84 valence electrons. The maximum atomic E-state index is 12.0. The zero-order chi connectivity index (χ0) is 11.5. The Hall–Kier alpha value is -1.57. The van der Waals surface area contributed by atoms with Crippen LogP contribution in [0.4, 0.5) is 0 Å². The highest BCUT2D eigenvalue weighted by Gasteiger charge is 2.26. The van der Waals surface area contributed by atoms with Crippen molar-refractivity contribution in [2.24, 2.45) is 0 Å². The van der Waals surface area contributed by atoms with Gasteiger partial charge in [0.2, 0.25) is 5.91 Å². The fourth-order valence-electron chi connectivity index (χ4n) is 2.06. The van der Waals surface area contributed by atoms with Gasteiger partial charge in [0.1, 0.15) is 0 Å². The second-order valence-corrected chi connectivity index (χ2v) is 4.44. The fraction of sp³-hybridized carbons (Fsp3) is 0.357. The summed E-state index contributed by atoms with van der Waals surface area (Å²) >= 11 is 0. The average Bonchev–Trinajstić information content (AvgIpc) is 2.62. The molecule has 1 aromatic rings. The third kappa shape index (κ3) is 2.16. The Kier molecular flexibility index (Phi) is 3.09. The van der Waals surface area contributed by atoms with Gasteiger partial charge in [-0.05, 0) is 25.8 Å². The maximum absolute atomic E-state index is 12.0. The van der Waals surface area contributed by atoms with E-state index < -0.39 is 0 Å². The van der Waals surface area contributed by atoms with Gasteiger partial charge < -0.3 is 4.90 Å². The van der Waals surface area contributed by atoms with E-state index in [-0.39, 0.29) is 5.91 Å². The molecule has 1 saturated heterocycles. The fourth-order valence-corrected chi connectivity index (χ4v) is 2.06. The molecule has 0 aromatic heterocycles. The molecule has 0 unspecified atom stereocenters. The molecule has 1 heterocycles. The van der Waals surface area contributed by atoms with Crippen molar-refractivity contribution >= 4 is 5.91 Å². The van der Waals surface area contributed by atoms with Crippen LogP contribution in [0.2, 0.25) is 0 Å². The lowest BCUT2D eigenvalue weighted by Crippen LogP contribution is -2.24. The minimum atomic E-state index is 0.212. The van der Waals surface area contributed by atoms with Crippen LogP contribution < -0.4 is 0 Å². The molecule has 0 aliphatic carbocycles. The van der Waals surface area contributed by atoms with Gasteiger partial charge >= 0.3 is 0 Å². The van der Waals surface area contributed by atoms with E-state index in [0.29, 0.717) is 0 Å². The van der Waals surface area contributed by atoms with E-state index in [1.54, 1.807) is 0 Å². The molecule has 0 atom stereocenters. The molecule has 2 rings (SSSR count). The normalized spacial score (nSPS) is 15.8. The summed E-state index contributed by atoms with van der Waals surface area (Å²) in [6, 6.07) is 10.1. The first-order valence-electron chi connectivity index (χ1n) is 5.68. The van der Waals surface area contributed by atoms with Gasteiger partial charge in [-0.25, -0.2) is 0 Å². The number of nitrogens with zero attached hydrogens (tertiary/aromatic N) is 1. The minimum Gasteiger partial charge on any atom is -0.334 e. The van der Waals surface area contributed by atoms with Crippen molar-refractivity contribution in [2.75, 3.05) is 6.54 Å². The molecule has 1 fully saturated rings. The number of rotatable bonds is 2.